The van der Waals surface area contributed by atoms with Gasteiger partial charge >= 0.3 is 35.5 Å². The SMILES string of the molecule is CCCCC(F)[C@H](O)/C=C/[C@@H]1[C@H]2C(F)/C(=C/CCCC(=O)O)O[C@H]2C[C@H]1O.[H-].[Na+]. The van der Waals surface area contributed by atoms with E-state index in [1.54, 1.807) is 6.08 Å². The Labute approximate surface area is 188 Å². The van der Waals surface area contributed by atoms with E-state index in [4.69, 9.17) is 9.84 Å². The Bertz CT molecular complexity index is 563. The van der Waals surface area contributed by atoms with E-state index in [1.165, 1.54) is 12.2 Å². The molecule has 1 aliphatic heterocycles. The fourth-order valence-corrected chi connectivity index (χ4v) is 3.84. The van der Waals surface area contributed by atoms with Crippen LogP contribution in [0.15, 0.2) is 24.0 Å². The molecule has 1 aliphatic carbocycles. The number of carboxylic acid groups (broad SMARTS) is 1. The summed E-state index contributed by atoms with van der Waals surface area (Å²) in [6.45, 7) is 1.94. The summed E-state index contributed by atoms with van der Waals surface area (Å²) in [5.74, 6) is -1.84. The maximum Gasteiger partial charge on any atom is 1.00 e. The van der Waals surface area contributed by atoms with Crippen molar-refractivity contribution in [3.8, 4) is 0 Å². The van der Waals surface area contributed by atoms with Crippen LogP contribution in [0.4, 0.5) is 8.78 Å². The van der Waals surface area contributed by atoms with E-state index < -0.39 is 48.5 Å². The summed E-state index contributed by atoms with van der Waals surface area (Å²) in [6, 6.07) is 0. The summed E-state index contributed by atoms with van der Waals surface area (Å²) in [5, 5.41) is 28.8. The predicted octanol–water partition coefficient (Wildman–Crippen LogP) is 0.421. The number of allylic oxidation sites excluding steroid dienone is 2. The molecule has 3 N–H and O–H groups in total. The molecule has 2 rings (SSSR count). The molecule has 28 heavy (non-hydrogen) atoms. The number of aliphatic carboxylic acids is 1. The number of aliphatic hydroxyl groups is 2. The summed E-state index contributed by atoms with van der Waals surface area (Å²) in [5.41, 5.74) is 0. The van der Waals surface area contributed by atoms with Crippen LogP contribution in [-0.4, -0.2) is 51.9 Å². The third kappa shape index (κ3) is 6.80. The van der Waals surface area contributed by atoms with Crippen molar-refractivity contribution in [3.05, 3.63) is 24.0 Å². The van der Waals surface area contributed by atoms with Crippen LogP contribution in [0.25, 0.3) is 0 Å². The number of ether oxygens (including phenoxy) is 1. The number of fused-ring (bicyclic) bond motifs is 1. The van der Waals surface area contributed by atoms with Crippen molar-refractivity contribution in [1.82, 2.24) is 0 Å². The van der Waals surface area contributed by atoms with Crippen molar-refractivity contribution in [2.24, 2.45) is 11.8 Å². The summed E-state index contributed by atoms with van der Waals surface area (Å²) >= 11 is 0. The van der Waals surface area contributed by atoms with Crippen molar-refractivity contribution in [3.63, 3.8) is 0 Å². The first kappa shape index (κ1) is 25.6. The van der Waals surface area contributed by atoms with E-state index in [0.717, 1.165) is 6.42 Å². The Morgan fingerprint density at radius 2 is 2.14 bits per heavy atom. The number of carboxylic acids is 1. The number of hydrogen-bond donors (Lipinski definition) is 3. The van der Waals surface area contributed by atoms with Gasteiger partial charge in [-0.2, -0.15) is 0 Å². The van der Waals surface area contributed by atoms with Gasteiger partial charge in [0.05, 0.1) is 6.10 Å². The molecule has 1 heterocycles. The second-order valence-electron chi connectivity index (χ2n) is 7.44. The van der Waals surface area contributed by atoms with Crippen LogP contribution >= 0.6 is 0 Å². The molecular weight excluding hydrogens is 381 g/mol. The minimum atomic E-state index is -1.40. The van der Waals surface area contributed by atoms with E-state index in [2.05, 4.69) is 0 Å². The van der Waals surface area contributed by atoms with E-state index >= 15 is 0 Å². The first-order chi connectivity index (χ1) is 12.8. The van der Waals surface area contributed by atoms with Crippen LogP contribution in [-0.2, 0) is 9.53 Å². The number of carbonyl (C=O) groups is 1. The van der Waals surface area contributed by atoms with Gasteiger partial charge in [0.1, 0.15) is 24.1 Å². The fraction of sp³-hybridized carbons (Fsp3) is 0.750. The molecule has 5 nitrogen and oxygen atoms in total. The summed E-state index contributed by atoms with van der Waals surface area (Å²) in [4.78, 5) is 10.5. The zero-order valence-corrected chi connectivity index (χ0v) is 18.6. The van der Waals surface area contributed by atoms with Gasteiger partial charge in [0.2, 0.25) is 0 Å². The van der Waals surface area contributed by atoms with Gasteiger partial charge in [-0.1, -0.05) is 31.9 Å². The van der Waals surface area contributed by atoms with Gasteiger partial charge < -0.3 is 21.5 Å². The average Bonchev–Trinajstić information content (AvgIpc) is 3.09. The molecule has 2 aliphatic rings. The number of alkyl halides is 2. The third-order valence-corrected chi connectivity index (χ3v) is 5.36. The van der Waals surface area contributed by atoms with Crippen molar-refractivity contribution in [1.29, 1.82) is 0 Å². The predicted molar refractivity (Wildman–Crippen MR) is 97.6 cm³/mol. The molecule has 0 aromatic rings. The average molecular weight is 412 g/mol. The first-order valence-corrected chi connectivity index (χ1v) is 9.76. The zero-order chi connectivity index (χ0) is 20.0. The quantitative estimate of drug-likeness (QED) is 0.275. The van der Waals surface area contributed by atoms with Crippen LogP contribution in [0.1, 0.15) is 53.3 Å². The largest absolute Gasteiger partial charge is 1.00 e. The Morgan fingerprint density at radius 1 is 1.43 bits per heavy atom. The van der Waals surface area contributed by atoms with Crippen molar-refractivity contribution >= 4 is 5.97 Å². The number of rotatable bonds is 10. The molecular formula is C20H31F2NaO5. The molecule has 0 bridgehead atoms. The van der Waals surface area contributed by atoms with Gasteiger partial charge in [-0.3, -0.25) is 4.79 Å². The van der Waals surface area contributed by atoms with Crippen LogP contribution in [0.5, 0.6) is 0 Å². The maximum absolute atomic E-state index is 14.8. The van der Waals surface area contributed by atoms with Gasteiger partial charge in [0.25, 0.3) is 0 Å². The number of unbranched alkanes of at least 4 members (excludes halogenated alkanes) is 2. The molecule has 156 valence electrons. The number of hydrogen-bond acceptors (Lipinski definition) is 4. The fourth-order valence-electron chi connectivity index (χ4n) is 3.84. The van der Waals surface area contributed by atoms with Crippen molar-refractivity contribution in [2.45, 2.75) is 82.5 Å². The molecule has 2 fully saturated rings. The Balaban J connectivity index is 0.00000392. The van der Waals surface area contributed by atoms with Crippen LogP contribution in [0, 0.1) is 11.8 Å². The normalized spacial score (nSPS) is 32.8. The zero-order valence-electron chi connectivity index (χ0n) is 17.6. The van der Waals surface area contributed by atoms with Crippen LogP contribution < -0.4 is 29.6 Å². The van der Waals surface area contributed by atoms with E-state index in [0.29, 0.717) is 19.3 Å². The summed E-state index contributed by atoms with van der Waals surface area (Å²) in [6.07, 6.45) is 1.98. The van der Waals surface area contributed by atoms with Crippen molar-refractivity contribution < 1.29 is 64.6 Å². The minimum Gasteiger partial charge on any atom is -1.00 e. The molecule has 0 spiro atoms. The number of halogens is 2. The molecule has 1 saturated carbocycles. The van der Waals surface area contributed by atoms with E-state index in [9.17, 15) is 23.8 Å². The Morgan fingerprint density at radius 3 is 2.79 bits per heavy atom. The molecule has 0 amide bonds. The van der Waals surface area contributed by atoms with Crippen LogP contribution in [0.3, 0.4) is 0 Å². The molecule has 1 saturated heterocycles. The van der Waals surface area contributed by atoms with E-state index in [1.807, 2.05) is 6.92 Å². The van der Waals surface area contributed by atoms with Crippen LogP contribution in [0.2, 0.25) is 0 Å². The smallest absolute Gasteiger partial charge is 1.00 e. The molecule has 8 heteroatoms. The standard InChI is InChI=1S/C20H30F2O5.Na.H/c1-2-3-6-13(21)14(23)10-9-12-15(24)11-17-19(12)20(22)16(27-17)7-4-5-8-18(25)26;;/h7,9-10,12-15,17,19-20,23-24H,2-6,8,11H2,1H3,(H,25,26);;/q;+1;-1/b10-9+,16-7-;;/t12-,13?,14+,15+,17-,19+,20?;;/m0../s1. The van der Waals surface area contributed by atoms with E-state index in [-0.39, 0.29) is 56.0 Å². The molecule has 2 unspecified atom stereocenters. The van der Waals surface area contributed by atoms with Gasteiger partial charge in [0, 0.05) is 24.7 Å². The Kier molecular flexibility index (Phi) is 11.2. The second-order valence-corrected chi connectivity index (χ2v) is 7.44. The Hall–Kier alpha value is -0.470. The summed E-state index contributed by atoms with van der Waals surface area (Å²) in [7, 11) is 0. The van der Waals surface area contributed by atoms with Crippen molar-refractivity contribution in [2.75, 3.05) is 0 Å². The van der Waals surface area contributed by atoms with Gasteiger partial charge in [-0.05, 0) is 25.3 Å². The topological polar surface area (TPSA) is 87.0 Å². The molecule has 0 aromatic heterocycles. The van der Waals surface area contributed by atoms with Gasteiger partial charge in [-0.25, -0.2) is 8.78 Å². The molecule has 7 atom stereocenters. The first-order valence-electron chi connectivity index (χ1n) is 9.76. The third-order valence-electron chi connectivity index (χ3n) is 5.36. The molecule has 0 radical (unpaired) electrons. The van der Waals surface area contributed by atoms with Gasteiger partial charge in [-0.15, -0.1) is 0 Å². The second kappa shape index (κ2) is 12.3. The summed E-state index contributed by atoms with van der Waals surface area (Å²) < 4.78 is 34.3. The maximum atomic E-state index is 14.8. The minimum absolute atomic E-state index is 0. The van der Waals surface area contributed by atoms with Gasteiger partial charge in [0.15, 0.2) is 6.17 Å². The number of aliphatic hydroxyl groups excluding tert-OH is 2. The molecule has 0 aromatic carbocycles. The monoisotopic (exact) mass is 412 g/mol.